The summed E-state index contributed by atoms with van der Waals surface area (Å²) >= 11 is 5.90. The Morgan fingerprint density at radius 1 is 1.44 bits per heavy atom. The maximum atomic E-state index is 12.4. The third-order valence-electron chi connectivity index (χ3n) is 4.30. The van der Waals surface area contributed by atoms with E-state index in [0.29, 0.717) is 23.2 Å². The Morgan fingerprint density at radius 2 is 2.22 bits per heavy atom. The van der Waals surface area contributed by atoms with E-state index in [9.17, 15) is 9.90 Å². The zero-order valence-electron chi connectivity index (χ0n) is 10.3. The fourth-order valence-electron chi connectivity index (χ4n) is 3.30. The molecule has 3 unspecified atom stereocenters. The largest absolute Gasteiger partial charge is 0.393 e. The van der Waals surface area contributed by atoms with E-state index in [1.165, 1.54) is 0 Å². The quantitative estimate of drug-likeness (QED) is 0.839. The summed E-state index contributed by atoms with van der Waals surface area (Å²) < 4.78 is 1.76. The van der Waals surface area contributed by atoms with Gasteiger partial charge in [0.05, 0.1) is 11.1 Å². The number of nitrogens with zero attached hydrogens (tertiary/aromatic N) is 2. The van der Waals surface area contributed by atoms with Crippen molar-refractivity contribution in [2.75, 3.05) is 13.1 Å². The van der Waals surface area contributed by atoms with Crippen molar-refractivity contribution in [1.82, 2.24) is 9.47 Å². The SMILES string of the molecule is Cn1cc(Cl)cc1C(=O)N1CC2CCC(O)C2C1. The van der Waals surface area contributed by atoms with Crippen LogP contribution in [0.25, 0.3) is 0 Å². The average molecular weight is 269 g/mol. The highest BCUT2D eigenvalue weighted by molar-refractivity contribution is 6.31. The number of aliphatic hydroxyl groups is 1. The van der Waals surface area contributed by atoms with E-state index in [-0.39, 0.29) is 17.9 Å². The van der Waals surface area contributed by atoms with Gasteiger partial charge in [-0.25, -0.2) is 0 Å². The second-order valence-corrected chi connectivity index (χ2v) is 5.87. The van der Waals surface area contributed by atoms with E-state index in [1.807, 2.05) is 11.9 Å². The minimum Gasteiger partial charge on any atom is -0.393 e. The van der Waals surface area contributed by atoms with Crippen molar-refractivity contribution < 1.29 is 9.90 Å². The number of hydrogen-bond acceptors (Lipinski definition) is 2. The van der Waals surface area contributed by atoms with Gasteiger partial charge in [0, 0.05) is 32.3 Å². The lowest BCUT2D eigenvalue weighted by molar-refractivity contribution is 0.0743. The molecule has 1 amide bonds. The van der Waals surface area contributed by atoms with E-state index in [2.05, 4.69) is 0 Å². The van der Waals surface area contributed by atoms with Crippen LogP contribution < -0.4 is 0 Å². The highest BCUT2D eigenvalue weighted by Crippen LogP contribution is 2.38. The predicted molar refractivity (Wildman–Crippen MR) is 68.5 cm³/mol. The number of aromatic nitrogens is 1. The highest BCUT2D eigenvalue weighted by Gasteiger charge is 2.43. The van der Waals surface area contributed by atoms with Gasteiger partial charge in [-0.15, -0.1) is 0 Å². The van der Waals surface area contributed by atoms with Gasteiger partial charge in [-0.2, -0.15) is 0 Å². The molecule has 1 saturated carbocycles. The molecular formula is C13H17ClN2O2. The number of carbonyl (C=O) groups is 1. The molecule has 4 nitrogen and oxygen atoms in total. The number of fused-ring (bicyclic) bond motifs is 1. The first-order chi connectivity index (χ1) is 8.56. The van der Waals surface area contributed by atoms with Crippen LogP contribution >= 0.6 is 11.6 Å². The number of likely N-dealkylation sites (tertiary alicyclic amines) is 1. The first-order valence-corrected chi connectivity index (χ1v) is 6.73. The molecule has 0 spiro atoms. The summed E-state index contributed by atoms with van der Waals surface area (Å²) in [6.07, 6.45) is 3.42. The van der Waals surface area contributed by atoms with Gasteiger partial charge in [0.15, 0.2) is 0 Å². The molecule has 1 N–H and O–H groups in total. The zero-order chi connectivity index (χ0) is 12.9. The predicted octanol–water partition coefficient (Wildman–Crippen LogP) is 1.52. The Kier molecular flexibility index (Phi) is 2.87. The Bertz CT molecular complexity index is 485. The van der Waals surface area contributed by atoms with Crippen LogP contribution in [0.1, 0.15) is 23.3 Å². The van der Waals surface area contributed by atoms with Gasteiger partial charge >= 0.3 is 0 Å². The summed E-state index contributed by atoms with van der Waals surface area (Å²) in [7, 11) is 1.82. The van der Waals surface area contributed by atoms with Gasteiger partial charge in [-0.1, -0.05) is 11.6 Å². The molecule has 1 aromatic heterocycles. The number of carbonyl (C=O) groups excluding carboxylic acids is 1. The smallest absolute Gasteiger partial charge is 0.270 e. The lowest BCUT2D eigenvalue weighted by atomic mass is 10.00. The van der Waals surface area contributed by atoms with Crippen molar-refractivity contribution in [3.8, 4) is 0 Å². The number of rotatable bonds is 1. The Morgan fingerprint density at radius 3 is 2.83 bits per heavy atom. The van der Waals surface area contributed by atoms with Crippen LogP contribution in [0.5, 0.6) is 0 Å². The molecule has 1 aliphatic heterocycles. The summed E-state index contributed by atoms with van der Waals surface area (Å²) in [5, 5.41) is 10.4. The maximum absolute atomic E-state index is 12.4. The summed E-state index contributed by atoms with van der Waals surface area (Å²) in [6, 6.07) is 1.70. The monoisotopic (exact) mass is 268 g/mol. The minimum atomic E-state index is -0.232. The average Bonchev–Trinajstić information content (AvgIpc) is 2.96. The van der Waals surface area contributed by atoms with Crippen LogP contribution in [-0.2, 0) is 7.05 Å². The van der Waals surface area contributed by atoms with E-state index in [4.69, 9.17) is 11.6 Å². The molecule has 0 aromatic carbocycles. The molecular weight excluding hydrogens is 252 g/mol. The van der Waals surface area contributed by atoms with E-state index < -0.39 is 0 Å². The normalized spacial score (nSPS) is 30.8. The van der Waals surface area contributed by atoms with Crippen LogP contribution in [0.4, 0.5) is 0 Å². The van der Waals surface area contributed by atoms with Gasteiger partial charge in [0.1, 0.15) is 5.69 Å². The zero-order valence-corrected chi connectivity index (χ0v) is 11.1. The molecule has 0 bridgehead atoms. The van der Waals surface area contributed by atoms with Crippen molar-refractivity contribution in [1.29, 1.82) is 0 Å². The fraction of sp³-hybridized carbons (Fsp3) is 0.615. The molecule has 1 aliphatic carbocycles. The third-order valence-corrected chi connectivity index (χ3v) is 4.50. The number of amides is 1. The molecule has 3 atom stereocenters. The van der Waals surface area contributed by atoms with E-state index in [0.717, 1.165) is 19.4 Å². The van der Waals surface area contributed by atoms with Crippen molar-refractivity contribution >= 4 is 17.5 Å². The first-order valence-electron chi connectivity index (χ1n) is 6.35. The van der Waals surface area contributed by atoms with Crippen LogP contribution in [0.2, 0.25) is 5.02 Å². The molecule has 5 heteroatoms. The Labute approximate surface area is 111 Å². The molecule has 1 aromatic rings. The number of aryl methyl sites for hydroxylation is 1. The fourth-order valence-corrected chi connectivity index (χ4v) is 3.55. The van der Waals surface area contributed by atoms with Crippen LogP contribution in [0, 0.1) is 11.8 Å². The summed E-state index contributed by atoms with van der Waals surface area (Å²) in [4.78, 5) is 14.2. The molecule has 2 heterocycles. The maximum Gasteiger partial charge on any atom is 0.270 e. The van der Waals surface area contributed by atoms with E-state index >= 15 is 0 Å². The number of halogens is 1. The molecule has 0 radical (unpaired) electrons. The standard InChI is InChI=1S/C13H17ClN2O2/c1-15-6-9(14)4-11(15)13(18)16-5-8-2-3-12(17)10(8)7-16/h4,6,8,10,12,17H,2-3,5,7H2,1H3. The van der Waals surface area contributed by atoms with Crippen LogP contribution in [-0.4, -0.2) is 39.7 Å². The van der Waals surface area contributed by atoms with Gasteiger partial charge in [0.25, 0.3) is 5.91 Å². The summed E-state index contributed by atoms with van der Waals surface area (Å²) in [5.74, 6) is 0.760. The summed E-state index contributed by atoms with van der Waals surface area (Å²) in [6.45, 7) is 1.44. The Balaban J connectivity index is 1.77. The lowest BCUT2D eigenvalue weighted by Crippen LogP contribution is -2.32. The van der Waals surface area contributed by atoms with Crippen LogP contribution in [0.15, 0.2) is 12.3 Å². The first kappa shape index (κ1) is 12.1. The minimum absolute atomic E-state index is 0.0194. The van der Waals surface area contributed by atoms with Crippen LogP contribution in [0.3, 0.4) is 0 Å². The summed E-state index contributed by atoms with van der Waals surface area (Å²) in [5.41, 5.74) is 0.620. The lowest BCUT2D eigenvalue weighted by Gasteiger charge is -2.18. The second-order valence-electron chi connectivity index (χ2n) is 5.43. The number of hydrogen-bond donors (Lipinski definition) is 1. The van der Waals surface area contributed by atoms with Crippen molar-refractivity contribution in [3.05, 3.63) is 23.0 Å². The molecule has 3 rings (SSSR count). The molecule has 98 valence electrons. The Hall–Kier alpha value is -1.00. The van der Waals surface area contributed by atoms with Crippen molar-refractivity contribution in [2.24, 2.45) is 18.9 Å². The molecule has 1 saturated heterocycles. The van der Waals surface area contributed by atoms with Gasteiger partial charge in [-0.3, -0.25) is 4.79 Å². The molecule has 18 heavy (non-hydrogen) atoms. The second kappa shape index (κ2) is 4.28. The van der Waals surface area contributed by atoms with Crippen molar-refractivity contribution in [2.45, 2.75) is 18.9 Å². The van der Waals surface area contributed by atoms with E-state index in [1.54, 1.807) is 16.8 Å². The third kappa shape index (κ3) is 1.84. The van der Waals surface area contributed by atoms with Gasteiger partial charge < -0.3 is 14.6 Å². The van der Waals surface area contributed by atoms with Gasteiger partial charge in [-0.05, 0) is 24.8 Å². The molecule has 2 aliphatic rings. The number of aliphatic hydroxyl groups excluding tert-OH is 1. The topological polar surface area (TPSA) is 45.5 Å². The van der Waals surface area contributed by atoms with Crippen molar-refractivity contribution in [3.63, 3.8) is 0 Å². The van der Waals surface area contributed by atoms with Gasteiger partial charge in [0.2, 0.25) is 0 Å². The highest BCUT2D eigenvalue weighted by atomic mass is 35.5. The molecule has 2 fully saturated rings.